The summed E-state index contributed by atoms with van der Waals surface area (Å²) in [5, 5.41) is 3.47. The highest BCUT2D eigenvalue weighted by atomic mass is 35.5. The monoisotopic (exact) mass is 410 g/mol. The minimum Gasteiger partial charge on any atom is -0.349 e. The summed E-state index contributed by atoms with van der Waals surface area (Å²) in [5.41, 5.74) is 1.12. The molecule has 1 amide bonds. The minimum absolute atomic E-state index is 0.0205. The van der Waals surface area contributed by atoms with Crippen molar-refractivity contribution in [1.82, 2.24) is 10.0 Å². The Bertz CT molecular complexity index is 886. The molecule has 26 heavy (non-hydrogen) atoms. The molecule has 1 aliphatic rings. The van der Waals surface area contributed by atoms with Crippen molar-refractivity contribution >= 4 is 39.3 Å². The minimum atomic E-state index is -3.65. The largest absolute Gasteiger partial charge is 0.349 e. The molecule has 0 fully saturated rings. The highest BCUT2D eigenvalue weighted by molar-refractivity contribution is 7.99. The number of thioether (sulfide) groups is 1. The van der Waals surface area contributed by atoms with Gasteiger partial charge >= 0.3 is 0 Å². The topological polar surface area (TPSA) is 75.3 Å². The molecule has 0 radical (unpaired) electrons. The number of hydrogen-bond acceptors (Lipinski definition) is 4. The maximum Gasteiger partial charge on any atom is 0.240 e. The van der Waals surface area contributed by atoms with E-state index < -0.39 is 10.0 Å². The maximum absolute atomic E-state index is 12.2. The number of hydrogen-bond donors (Lipinski definition) is 2. The molecule has 5 nitrogen and oxygen atoms in total. The number of halogens is 1. The standard InChI is InChI=1S/C18H19ClN2O3S2/c19-13-5-7-14(8-6-13)26(23,24)20-11-9-18(22)21-16-10-12-25-17-4-2-1-3-15(16)17/h1-8,16,20H,9-12H2,(H,21,22). The van der Waals surface area contributed by atoms with Gasteiger partial charge in [-0.3, -0.25) is 4.79 Å². The Kier molecular flexibility index (Phi) is 6.24. The van der Waals surface area contributed by atoms with Crippen LogP contribution in [0.25, 0.3) is 0 Å². The third-order valence-corrected chi connectivity index (χ3v) is 6.91. The van der Waals surface area contributed by atoms with Crippen LogP contribution in [-0.2, 0) is 14.8 Å². The molecule has 2 aromatic rings. The number of nitrogens with one attached hydrogen (secondary N) is 2. The molecule has 1 heterocycles. The third-order valence-electron chi connectivity index (χ3n) is 4.06. The smallest absolute Gasteiger partial charge is 0.240 e. The highest BCUT2D eigenvalue weighted by Gasteiger charge is 2.22. The normalized spacial score (nSPS) is 16.7. The number of carbonyl (C=O) groups excluding carboxylic acids is 1. The van der Waals surface area contributed by atoms with Crippen molar-refractivity contribution in [2.24, 2.45) is 0 Å². The van der Waals surface area contributed by atoms with Gasteiger partial charge in [-0.05, 0) is 42.3 Å². The Labute approximate surface area is 162 Å². The van der Waals surface area contributed by atoms with Crippen LogP contribution in [0.5, 0.6) is 0 Å². The van der Waals surface area contributed by atoms with E-state index in [9.17, 15) is 13.2 Å². The molecule has 1 aliphatic heterocycles. The van der Waals surface area contributed by atoms with Crippen LogP contribution in [0.1, 0.15) is 24.4 Å². The predicted octanol–water partition coefficient (Wildman–Crippen LogP) is 3.36. The average molecular weight is 411 g/mol. The number of carbonyl (C=O) groups is 1. The SMILES string of the molecule is O=C(CCNS(=O)(=O)c1ccc(Cl)cc1)NC1CCSc2ccccc21. The first-order chi connectivity index (χ1) is 12.5. The zero-order valence-electron chi connectivity index (χ0n) is 13.9. The van der Waals surface area contributed by atoms with Crippen LogP contribution >= 0.6 is 23.4 Å². The number of amides is 1. The first kappa shape index (κ1) is 19.2. The summed E-state index contributed by atoms with van der Waals surface area (Å²) in [5.74, 6) is 0.779. The predicted molar refractivity (Wildman–Crippen MR) is 104 cm³/mol. The van der Waals surface area contributed by atoms with E-state index in [0.717, 1.165) is 17.7 Å². The van der Waals surface area contributed by atoms with Gasteiger partial charge in [-0.2, -0.15) is 0 Å². The highest BCUT2D eigenvalue weighted by Crippen LogP contribution is 2.35. The van der Waals surface area contributed by atoms with Crippen LogP contribution in [0.2, 0.25) is 5.02 Å². The van der Waals surface area contributed by atoms with Crippen LogP contribution in [-0.4, -0.2) is 26.6 Å². The van der Waals surface area contributed by atoms with Gasteiger partial charge in [-0.15, -0.1) is 11.8 Å². The van der Waals surface area contributed by atoms with E-state index in [4.69, 9.17) is 11.6 Å². The van der Waals surface area contributed by atoms with Crippen LogP contribution in [0, 0.1) is 0 Å². The zero-order chi connectivity index (χ0) is 18.6. The fourth-order valence-corrected chi connectivity index (χ4v) is 5.04. The van der Waals surface area contributed by atoms with E-state index in [1.807, 2.05) is 18.2 Å². The Balaban J connectivity index is 1.53. The molecule has 1 unspecified atom stereocenters. The molecular weight excluding hydrogens is 392 g/mol. The molecule has 138 valence electrons. The van der Waals surface area contributed by atoms with Gasteiger partial charge in [-0.25, -0.2) is 13.1 Å². The fraction of sp³-hybridized carbons (Fsp3) is 0.278. The summed E-state index contributed by atoms with van der Waals surface area (Å²) >= 11 is 7.55. The summed E-state index contributed by atoms with van der Waals surface area (Å²) < 4.78 is 26.8. The van der Waals surface area contributed by atoms with E-state index >= 15 is 0 Å². The van der Waals surface area contributed by atoms with E-state index in [1.54, 1.807) is 11.8 Å². The second-order valence-electron chi connectivity index (χ2n) is 5.90. The molecular formula is C18H19ClN2O3S2. The van der Waals surface area contributed by atoms with Gasteiger partial charge in [0.1, 0.15) is 0 Å². The van der Waals surface area contributed by atoms with E-state index in [-0.39, 0.29) is 29.8 Å². The lowest BCUT2D eigenvalue weighted by Crippen LogP contribution is -2.34. The number of sulfonamides is 1. The van der Waals surface area contributed by atoms with E-state index in [2.05, 4.69) is 16.1 Å². The lowest BCUT2D eigenvalue weighted by molar-refractivity contribution is -0.121. The maximum atomic E-state index is 12.2. The van der Waals surface area contributed by atoms with Crippen molar-refractivity contribution in [3.05, 3.63) is 59.1 Å². The van der Waals surface area contributed by atoms with Gasteiger partial charge in [0.05, 0.1) is 10.9 Å². The van der Waals surface area contributed by atoms with Crippen molar-refractivity contribution < 1.29 is 13.2 Å². The van der Waals surface area contributed by atoms with Crippen molar-refractivity contribution in [2.75, 3.05) is 12.3 Å². The Morgan fingerprint density at radius 2 is 1.88 bits per heavy atom. The van der Waals surface area contributed by atoms with Gasteiger partial charge in [0, 0.05) is 28.6 Å². The Hall–Kier alpha value is -1.54. The molecule has 1 atom stereocenters. The summed E-state index contributed by atoms with van der Waals surface area (Å²) in [6.45, 7) is 0.0416. The van der Waals surface area contributed by atoms with Crippen LogP contribution in [0.3, 0.4) is 0 Å². The van der Waals surface area contributed by atoms with Gasteiger partial charge in [0.15, 0.2) is 0 Å². The van der Waals surface area contributed by atoms with Crippen LogP contribution in [0.4, 0.5) is 0 Å². The molecule has 0 spiro atoms. The second-order valence-corrected chi connectivity index (χ2v) is 9.24. The summed E-state index contributed by atoms with van der Waals surface area (Å²) in [6.07, 6.45) is 0.947. The second kappa shape index (κ2) is 8.43. The fourth-order valence-electron chi connectivity index (χ4n) is 2.75. The van der Waals surface area contributed by atoms with Gasteiger partial charge < -0.3 is 5.32 Å². The number of benzene rings is 2. The molecule has 0 aromatic heterocycles. The first-order valence-electron chi connectivity index (χ1n) is 8.22. The Morgan fingerprint density at radius 1 is 1.15 bits per heavy atom. The molecule has 0 bridgehead atoms. The Morgan fingerprint density at radius 3 is 2.65 bits per heavy atom. The molecule has 0 aliphatic carbocycles. The number of rotatable bonds is 6. The number of fused-ring (bicyclic) bond motifs is 1. The van der Waals surface area contributed by atoms with Crippen molar-refractivity contribution in [1.29, 1.82) is 0 Å². The first-order valence-corrected chi connectivity index (χ1v) is 11.1. The lowest BCUT2D eigenvalue weighted by atomic mass is 10.0. The summed E-state index contributed by atoms with van der Waals surface area (Å²) in [6, 6.07) is 13.9. The molecule has 8 heteroatoms. The molecule has 0 saturated heterocycles. The van der Waals surface area contributed by atoms with Crippen molar-refractivity contribution in [3.8, 4) is 0 Å². The summed E-state index contributed by atoms with van der Waals surface area (Å²) in [7, 11) is -3.65. The van der Waals surface area contributed by atoms with Gasteiger partial charge in [-0.1, -0.05) is 29.8 Å². The molecule has 2 aromatic carbocycles. The molecule has 2 N–H and O–H groups in total. The van der Waals surface area contributed by atoms with Crippen LogP contribution < -0.4 is 10.0 Å². The quantitative estimate of drug-likeness (QED) is 0.765. The average Bonchev–Trinajstić information content (AvgIpc) is 2.62. The molecule has 0 saturated carbocycles. The van der Waals surface area contributed by atoms with Crippen molar-refractivity contribution in [3.63, 3.8) is 0 Å². The van der Waals surface area contributed by atoms with E-state index in [0.29, 0.717) is 5.02 Å². The van der Waals surface area contributed by atoms with Gasteiger partial charge in [0.2, 0.25) is 15.9 Å². The van der Waals surface area contributed by atoms with Crippen molar-refractivity contribution in [2.45, 2.75) is 28.7 Å². The third kappa shape index (κ3) is 4.79. The zero-order valence-corrected chi connectivity index (χ0v) is 16.3. The summed E-state index contributed by atoms with van der Waals surface area (Å²) in [4.78, 5) is 13.5. The lowest BCUT2D eigenvalue weighted by Gasteiger charge is -2.25. The van der Waals surface area contributed by atoms with Gasteiger partial charge in [0.25, 0.3) is 0 Å². The van der Waals surface area contributed by atoms with E-state index in [1.165, 1.54) is 29.2 Å². The van der Waals surface area contributed by atoms with Crippen LogP contribution in [0.15, 0.2) is 58.3 Å². The molecule has 3 rings (SSSR count).